The number of carbonyl (C=O) groups is 1. The van der Waals surface area contributed by atoms with Crippen molar-refractivity contribution in [2.24, 2.45) is 0 Å². The number of amides is 1. The van der Waals surface area contributed by atoms with Gasteiger partial charge in [0.25, 0.3) is 5.91 Å². The molecule has 3 N–H and O–H groups in total. The molecule has 1 aromatic heterocycles. The van der Waals surface area contributed by atoms with E-state index in [4.69, 9.17) is 5.73 Å². The summed E-state index contributed by atoms with van der Waals surface area (Å²) in [6.45, 7) is 5.90. The highest BCUT2D eigenvalue weighted by molar-refractivity contribution is 5.92. The molecule has 0 fully saturated rings. The number of nitrogens with two attached hydrogens (primary N) is 1. The van der Waals surface area contributed by atoms with Gasteiger partial charge in [0.15, 0.2) is 0 Å². The summed E-state index contributed by atoms with van der Waals surface area (Å²) in [5, 5.41) is 2.84. The predicted molar refractivity (Wildman–Crippen MR) is 73.4 cm³/mol. The van der Waals surface area contributed by atoms with Crippen LogP contribution in [0.25, 0.3) is 0 Å². The standard InChI is InChI=1S/C13H22N4O/c1-10(2)17(3)9-5-8-15-13(18)11-6-4-7-12(14)16-11/h4,6-7,10H,5,8-9H2,1-3H3,(H2,14,16)(H,15,18). The topological polar surface area (TPSA) is 71.2 Å². The van der Waals surface area contributed by atoms with Crippen molar-refractivity contribution >= 4 is 11.7 Å². The quantitative estimate of drug-likeness (QED) is 0.742. The first-order valence-electron chi connectivity index (χ1n) is 6.21. The lowest BCUT2D eigenvalue weighted by atomic mass is 10.3. The number of anilines is 1. The molecule has 0 aliphatic rings. The Morgan fingerprint density at radius 3 is 2.83 bits per heavy atom. The Bertz CT molecular complexity index is 392. The molecule has 0 spiro atoms. The Kier molecular flexibility index (Phi) is 5.58. The first-order valence-corrected chi connectivity index (χ1v) is 6.21. The van der Waals surface area contributed by atoms with Crippen LogP contribution in [0.4, 0.5) is 5.82 Å². The van der Waals surface area contributed by atoms with Gasteiger partial charge < -0.3 is 16.0 Å². The predicted octanol–water partition coefficient (Wildman–Crippen LogP) is 1.12. The van der Waals surface area contributed by atoms with Gasteiger partial charge in [0.1, 0.15) is 11.5 Å². The van der Waals surface area contributed by atoms with Crippen molar-refractivity contribution in [3.8, 4) is 0 Å². The molecular formula is C13H22N4O. The van der Waals surface area contributed by atoms with Crippen LogP contribution in [0.1, 0.15) is 30.8 Å². The van der Waals surface area contributed by atoms with Crippen LogP contribution in [0.3, 0.4) is 0 Å². The highest BCUT2D eigenvalue weighted by atomic mass is 16.1. The molecule has 5 heteroatoms. The number of hydrogen-bond acceptors (Lipinski definition) is 4. The van der Waals surface area contributed by atoms with Crippen molar-refractivity contribution in [1.29, 1.82) is 0 Å². The van der Waals surface area contributed by atoms with Gasteiger partial charge in [-0.05, 0) is 46.0 Å². The monoisotopic (exact) mass is 250 g/mol. The second-order valence-corrected chi connectivity index (χ2v) is 4.63. The molecule has 1 amide bonds. The summed E-state index contributed by atoms with van der Waals surface area (Å²) < 4.78 is 0. The van der Waals surface area contributed by atoms with Crippen LogP contribution < -0.4 is 11.1 Å². The van der Waals surface area contributed by atoms with E-state index in [0.717, 1.165) is 13.0 Å². The Labute approximate surface area is 108 Å². The second kappa shape index (κ2) is 6.96. The summed E-state index contributed by atoms with van der Waals surface area (Å²) in [5.41, 5.74) is 5.89. The van der Waals surface area contributed by atoms with Crippen molar-refractivity contribution in [1.82, 2.24) is 15.2 Å². The van der Waals surface area contributed by atoms with E-state index in [9.17, 15) is 4.79 Å². The van der Waals surface area contributed by atoms with Crippen LogP contribution in [-0.4, -0.2) is 42.0 Å². The number of rotatable bonds is 6. The Morgan fingerprint density at radius 1 is 1.50 bits per heavy atom. The maximum absolute atomic E-state index is 11.7. The molecule has 0 aliphatic carbocycles. The summed E-state index contributed by atoms with van der Waals surface area (Å²) >= 11 is 0. The van der Waals surface area contributed by atoms with E-state index in [1.54, 1.807) is 18.2 Å². The highest BCUT2D eigenvalue weighted by Gasteiger charge is 2.07. The third-order valence-electron chi connectivity index (χ3n) is 2.86. The zero-order valence-corrected chi connectivity index (χ0v) is 11.3. The summed E-state index contributed by atoms with van der Waals surface area (Å²) in [5.74, 6) is 0.191. The summed E-state index contributed by atoms with van der Waals surface area (Å²) in [6.07, 6.45) is 0.919. The molecule has 0 saturated carbocycles. The summed E-state index contributed by atoms with van der Waals surface area (Å²) in [7, 11) is 2.08. The molecule has 0 radical (unpaired) electrons. The average molecular weight is 250 g/mol. The minimum Gasteiger partial charge on any atom is -0.384 e. The van der Waals surface area contributed by atoms with Gasteiger partial charge in [0.2, 0.25) is 0 Å². The van der Waals surface area contributed by atoms with E-state index in [-0.39, 0.29) is 5.91 Å². The molecule has 0 aromatic carbocycles. The summed E-state index contributed by atoms with van der Waals surface area (Å²) in [4.78, 5) is 17.9. The number of hydrogen-bond donors (Lipinski definition) is 2. The number of nitrogens with zero attached hydrogens (tertiary/aromatic N) is 2. The molecule has 5 nitrogen and oxygen atoms in total. The molecule has 1 rings (SSSR count). The van der Waals surface area contributed by atoms with Crippen molar-refractivity contribution in [3.63, 3.8) is 0 Å². The van der Waals surface area contributed by atoms with Crippen molar-refractivity contribution in [3.05, 3.63) is 23.9 Å². The maximum atomic E-state index is 11.7. The molecule has 0 bridgehead atoms. The van der Waals surface area contributed by atoms with Gasteiger partial charge in [-0.15, -0.1) is 0 Å². The Balaban J connectivity index is 2.30. The van der Waals surface area contributed by atoms with Gasteiger partial charge in [-0.1, -0.05) is 6.07 Å². The van der Waals surface area contributed by atoms with Gasteiger partial charge in [-0.2, -0.15) is 0 Å². The zero-order valence-electron chi connectivity index (χ0n) is 11.3. The first-order chi connectivity index (χ1) is 8.50. The summed E-state index contributed by atoms with van der Waals surface area (Å²) in [6, 6.07) is 5.57. The van der Waals surface area contributed by atoms with Crippen LogP contribution in [0.5, 0.6) is 0 Å². The fourth-order valence-electron chi connectivity index (χ4n) is 1.46. The van der Waals surface area contributed by atoms with Crippen LogP contribution in [0, 0.1) is 0 Å². The van der Waals surface area contributed by atoms with Gasteiger partial charge in [0.05, 0.1) is 0 Å². The average Bonchev–Trinajstić information content (AvgIpc) is 2.33. The molecule has 0 saturated heterocycles. The third kappa shape index (κ3) is 4.71. The minimum absolute atomic E-state index is 0.172. The van der Waals surface area contributed by atoms with Gasteiger partial charge in [-0.25, -0.2) is 4.98 Å². The SMILES string of the molecule is CC(C)N(C)CCCNC(=O)c1cccc(N)n1. The molecule has 0 atom stereocenters. The lowest BCUT2D eigenvalue weighted by Crippen LogP contribution is -2.31. The Hall–Kier alpha value is -1.62. The molecule has 100 valence electrons. The van der Waals surface area contributed by atoms with Gasteiger partial charge in [-0.3, -0.25) is 4.79 Å². The zero-order chi connectivity index (χ0) is 13.5. The largest absolute Gasteiger partial charge is 0.384 e. The molecule has 0 aliphatic heterocycles. The van der Waals surface area contributed by atoms with E-state index >= 15 is 0 Å². The third-order valence-corrected chi connectivity index (χ3v) is 2.86. The highest BCUT2D eigenvalue weighted by Crippen LogP contribution is 2.00. The lowest BCUT2D eigenvalue weighted by Gasteiger charge is -2.20. The van der Waals surface area contributed by atoms with Gasteiger partial charge >= 0.3 is 0 Å². The first kappa shape index (κ1) is 14.4. The number of carbonyl (C=O) groups excluding carboxylic acids is 1. The van der Waals surface area contributed by atoms with Crippen molar-refractivity contribution in [2.75, 3.05) is 25.9 Å². The molecular weight excluding hydrogens is 228 g/mol. The maximum Gasteiger partial charge on any atom is 0.269 e. The minimum atomic E-state index is -0.172. The van der Waals surface area contributed by atoms with E-state index in [1.807, 2.05) is 0 Å². The molecule has 1 aromatic rings. The van der Waals surface area contributed by atoms with Crippen molar-refractivity contribution in [2.45, 2.75) is 26.3 Å². The van der Waals surface area contributed by atoms with E-state index < -0.39 is 0 Å². The van der Waals surface area contributed by atoms with E-state index in [0.29, 0.717) is 24.1 Å². The number of nitrogen functional groups attached to an aromatic ring is 1. The van der Waals surface area contributed by atoms with Crippen LogP contribution in [-0.2, 0) is 0 Å². The molecule has 0 unspecified atom stereocenters. The van der Waals surface area contributed by atoms with E-state index in [1.165, 1.54) is 0 Å². The smallest absolute Gasteiger partial charge is 0.269 e. The van der Waals surface area contributed by atoms with E-state index in [2.05, 4.69) is 36.1 Å². The van der Waals surface area contributed by atoms with Crippen LogP contribution in [0.15, 0.2) is 18.2 Å². The van der Waals surface area contributed by atoms with Crippen LogP contribution >= 0.6 is 0 Å². The fourth-order valence-corrected chi connectivity index (χ4v) is 1.46. The van der Waals surface area contributed by atoms with Crippen LogP contribution in [0.2, 0.25) is 0 Å². The Morgan fingerprint density at radius 2 is 2.22 bits per heavy atom. The number of pyridine rings is 1. The van der Waals surface area contributed by atoms with Gasteiger partial charge in [0, 0.05) is 12.6 Å². The molecule has 18 heavy (non-hydrogen) atoms. The number of aromatic nitrogens is 1. The lowest BCUT2D eigenvalue weighted by molar-refractivity contribution is 0.0947. The number of nitrogens with one attached hydrogen (secondary N) is 1. The molecule has 1 heterocycles. The van der Waals surface area contributed by atoms with Crippen molar-refractivity contribution < 1.29 is 4.79 Å². The fraction of sp³-hybridized carbons (Fsp3) is 0.538. The normalized spacial score (nSPS) is 10.9. The second-order valence-electron chi connectivity index (χ2n) is 4.63.